The van der Waals surface area contributed by atoms with E-state index in [1.54, 1.807) is 16.7 Å². The summed E-state index contributed by atoms with van der Waals surface area (Å²) in [6.45, 7) is 5.39. The Morgan fingerprint density at radius 3 is 2.42 bits per heavy atom. The molecule has 0 saturated carbocycles. The smallest absolute Gasteiger partial charge is 0.314 e. The number of likely N-dealkylation sites (tertiary alicyclic amines) is 1. The van der Waals surface area contributed by atoms with Crippen molar-refractivity contribution in [3.8, 4) is 0 Å². The van der Waals surface area contributed by atoms with E-state index in [2.05, 4.69) is 31.3 Å². The molecule has 0 radical (unpaired) electrons. The zero-order valence-corrected chi connectivity index (χ0v) is 15.2. The lowest BCUT2D eigenvalue weighted by molar-refractivity contribution is -0.122. The minimum Gasteiger partial charge on any atom is -0.352 e. The molecular weight excluding hydrogens is 322 g/mol. The van der Waals surface area contributed by atoms with Gasteiger partial charge in [0, 0.05) is 24.9 Å². The average Bonchev–Trinajstić information content (AvgIpc) is 2.56. The number of primary amides is 1. The molecule has 0 aromatic heterocycles. The summed E-state index contributed by atoms with van der Waals surface area (Å²) >= 11 is 1.69. The number of urea groups is 1. The minimum absolute atomic E-state index is 0.0700. The zero-order chi connectivity index (χ0) is 17.5. The predicted molar refractivity (Wildman–Crippen MR) is 98.7 cm³/mol. The number of carbonyl (C=O) groups is 2. The van der Waals surface area contributed by atoms with Crippen molar-refractivity contribution in [2.45, 2.75) is 43.7 Å². The molecule has 1 aliphatic heterocycles. The Hall–Kier alpha value is -1.69. The molecule has 132 valence electrons. The topological polar surface area (TPSA) is 75.4 Å². The maximum atomic E-state index is 12.7. The number of nitrogens with two attached hydrogens (primary N) is 1. The SMILES string of the molecule is CC(C)[C@@H](SCc1ccccc1)C(=O)NC1CCN(C(N)=O)CC1. The molecule has 3 amide bonds. The molecule has 0 aliphatic carbocycles. The van der Waals surface area contributed by atoms with Crippen molar-refractivity contribution >= 4 is 23.7 Å². The van der Waals surface area contributed by atoms with E-state index < -0.39 is 0 Å². The third-order valence-electron chi connectivity index (χ3n) is 4.29. The second kappa shape index (κ2) is 8.97. The van der Waals surface area contributed by atoms with Gasteiger partial charge in [0.25, 0.3) is 0 Å². The Morgan fingerprint density at radius 2 is 1.88 bits per heavy atom. The number of rotatable bonds is 6. The highest BCUT2D eigenvalue weighted by Crippen LogP contribution is 2.24. The fraction of sp³-hybridized carbons (Fsp3) is 0.556. The van der Waals surface area contributed by atoms with Crippen LogP contribution >= 0.6 is 11.8 Å². The zero-order valence-electron chi connectivity index (χ0n) is 14.4. The summed E-state index contributed by atoms with van der Waals surface area (Å²) < 4.78 is 0. The van der Waals surface area contributed by atoms with E-state index in [4.69, 9.17) is 5.73 Å². The molecular formula is C18H27N3O2S. The molecule has 2 rings (SSSR count). The highest BCUT2D eigenvalue weighted by Gasteiger charge is 2.27. The summed E-state index contributed by atoms with van der Waals surface area (Å²) in [6.07, 6.45) is 1.53. The molecule has 1 atom stereocenters. The van der Waals surface area contributed by atoms with E-state index in [1.807, 2.05) is 18.2 Å². The fourth-order valence-electron chi connectivity index (χ4n) is 2.86. The summed E-state index contributed by atoms with van der Waals surface area (Å²) in [6, 6.07) is 9.97. The molecule has 24 heavy (non-hydrogen) atoms. The molecule has 1 aromatic carbocycles. The third-order valence-corrected chi connectivity index (χ3v) is 5.91. The van der Waals surface area contributed by atoms with Crippen LogP contribution in [0.3, 0.4) is 0 Å². The van der Waals surface area contributed by atoms with Crippen molar-refractivity contribution in [2.75, 3.05) is 13.1 Å². The van der Waals surface area contributed by atoms with Gasteiger partial charge in [0.2, 0.25) is 5.91 Å². The average molecular weight is 350 g/mol. The maximum absolute atomic E-state index is 12.7. The van der Waals surface area contributed by atoms with Crippen molar-refractivity contribution < 1.29 is 9.59 Å². The standard InChI is InChI=1S/C18H27N3O2S/c1-13(2)16(24-12-14-6-4-3-5-7-14)17(22)20-15-8-10-21(11-9-15)18(19)23/h3-7,13,15-16H,8-12H2,1-2H3,(H2,19,23)(H,20,22)/t16-/m1/s1. The van der Waals surface area contributed by atoms with Crippen molar-refractivity contribution in [2.24, 2.45) is 11.7 Å². The van der Waals surface area contributed by atoms with E-state index in [-0.39, 0.29) is 29.1 Å². The second-order valence-electron chi connectivity index (χ2n) is 6.57. The minimum atomic E-state index is -0.377. The van der Waals surface area contributed by atoms with Crippen molar-refractivity contribution in [1.29, 1.82) is 0 Å². The molecule has 0 spiro atoms. The summed E-state index contributed by atoms with van der Waals surface area (Å²) in [4.78, 5) is 25.4. The Kier molecular flexibility index (Phi) is 6.97. The van der Waals surface area contributed by atoms with E-state index in [9.17, 15) is 9.59 Å². The van der Waals surface area contributed by atoms with Gasteiger partial charge in [-0.25, -0.2) is 4.79 Å². The molecule has 0 unspecified atom stereocenters. The van der Waals surface area contributed by atoms with Crippen LogP contribution in [0.15, 0.2) is 30.3 Å². The molecule has 3 N–H and O–H groups in total. The van der Waals surface area contributed by atoms with Crippen LogP contribution in [-0.4, -0.2) is 41.2 Å². The summed E-state index contributed by atoms with van der Waals surface area (Å²) in [7, 11) is 0. The lowest BCUT2D eigenvalue weighted by Gasteiger charge is -2.32. The summed E-state index contributed by atoms with van der Waals surface area (Å²) in [5.74, 6) is 1.20. The Labute approximate surface area is 148 Å². The van der Waals surface area contributed by atoms with Crippen LogP contribution in [0, 0.1) is 5.92 Å². The van der Waals surface area contributed by atoms with Gasteiger partial charge in [0.05, 0.1) is 5.25 Å². The molecule has 6 heteroatoms. The van der Waals surface area contributed by atoms with Gasteiger partial charge in [0.15, 0.2) is 0 Å². The van der Waals surface area contributed by atoms with Gasteiger partial charge in [-0.2, -0.15) is 0 Å². The summed E-state index contributed by atoms with van der Waals surface area (Å²) in [5, 5.41) is 3.09. The van der Waals surface area contributed by atoms with Crippen molar-refractivity contribution in [3.05, 3.63) is 35.9 Å². The van der Waals surface area contributed by atoms with Gasteiger partial charge < -0.3 is 16.0 Å². The van der Waals surface area contributed by atoms with Crippen molar-refractivity contribution in [3.63, 3.8) is 0 Å². The van der Waals surface area contributed by atoms with Gasteiger partial charge in [-0.05, 0) is 24.3 Å². The number of piperidine rings is 1. The van der Waals surface area contributed by atoms with Gasteiger partial charge in [-0.1, -0.05) is 44.2 Å². The quantitative estimate of drug-likeness (QED) is 0.829. The van der Waals surface area contributed by atoms with Gasteiger partial charge in [-0.3, -0.25) is 4.79 Å². The largest absolute Gasteiger partial charge is 0.352 e. The molecule has 1 saturated heterocycles. The van der Waals surface area contributed by atoms with Gasteiger partial charge in [0.1, 0.15) is 0 Å². The Morgan fingerprint density at radius 1 is 1.25 bits per heavy atom. The number of benzene rings is 1. The van der Waals surface area contributed by atoms with Crippen LogP contribution < -0.4 is 11.1 Å². The van der Waals surface area contributed by atoms with Crippen LogP contribution in [-0.2, 0) is 10.5 Å². The number of nitrogens with one attached hydrogen (secondary N) is 1. The number of hydrogen-bond acceptors (Lipinski definition) is 3. The van der Waals surface area contributed by atoms with E-state index in [0.29, 0.717) is 13.1 Å². The predicted octanol–water partition coefficient (Wildman–Crippen LogP) is 2.60. The first-order valence-electron chi connectivity index (χ1n) is 8.47. The number of carbonyl (C=O) groups excluding carboxylic acids is 2. The Balaban J connectivity index is 1.84. The van der Waals surface area contributed by atoms with Crippen LogP contribution in [0.2, 0.25) is 0 Å². The van der Waals surface area contributed by atoms with Gasteiger partial charge >= 0.3 is 6.03 Å². The Bertz CT molecular complexity index is 542. The van der Waals surface area contributed by atoms with E-state index in [0.717, 1.165) is 18.6 Å². The first-order valence-corrected chi connectivity index (χ1v) is 9.52. The first kappa shape index (κ1) is 18.6. The molecule has 1 aromatic rings. The van der Waals surface area contributed by atoms with Crippen LogP contribution in [0.4, 0.5) is 4.79 Å². The number of hydrogen-bond donors (Lipinski definition) is 2. The van der Waals surface area contributed by atoms with Crippen LogP contribution in [0.5, 0.6) is 0 Å². The molecule has 1 aliphatic rings. The maximum Gasteiger partial charge on any atom is 0.314 e. The highest BCUT2D eigenvalue weighted by molar-refractivity contribution is 7.99. The van der Waals surface area contributed by atoms with Crippen LogP contribution in [0.1, 0.15) is 32.3 Å². The van der Waals surface area contributed by atoms with Gasteiger partial charge in [-0.15, -0.1) is 11.8 Å². The van der Waals surface area contributed by atoms with E-state index >= 15 is 0 Å². The third kappa shape index (κ3) is 5.44. The molecule has 0 bridgehead atoms. The number of thioether (sulfide) groups is 1. The molecule has 1 fully saturated rings. The lowest BCUT2D eigenvalue weighted by atomic mass is 10.0. The highest BCUT2D eigenvalue weighted by atomic mass is 32.2. The monoisotopic (exact) mass is 349 g/mol. The fourth-order valence-corrected chi connectivity index (χ4v) is 4.03. The van der Waals surface area contributed by atoms with E-state index in [1.165, 1.54) is 5.56 Å². The number of amides is 3. The number of nitrogens with zero attached hydrogens (tertiary/aromatic N) is 1. The van der Waals surface area contributed by atoms with Crippen LogP contribution in [0.25, 0.3) is 0 Å². The molecule has 5 nitrogen and oxygen atoms in total. The first-order chi connectivity index (χ1) is 11.5. The normalized spacial score (nSPS) is 16.9. The molecule has 1 heterocycles. The van der Waals surface area contributed by atoms with Crippen molar-refractivity contribution in [1.82, 2.24) is 10.2 Å². The summed E-state index contributed by atoms with van der Waals surface area (Å²) in [5.41, 5.74) is 6.53. The lowest BCUT2D eigenvalue weighted by Crippen LogP contribution is -2.50. The second-order valence-corrected chi connectivity index (χ2v) is 7.70.